The van der Waals surface area contributed by atoms with Gasteiger partial charge in [-0.15, -0.1) is 0 Å². The highest BCUT2D eigenvalue weighted by Crippen LogP contribution is 2.22. The first-order chi connectivity index (χ1) is 12.7. The summed E-state index contributed by atoms with van der Waals surface area (Å²) >= 11 is 0. The molecule has 0 saturated heterocycles. The average Bonchev–Trinajstić information content (AvgIpc) is 3.17. The van der Waals surface area contributed by atoms with Gasteiger partial charge in [0.05, 0.1) is 0 Å². The SMILES string of the molecule is CCN(CC)c1ccc(NC(=O)c2ccnc(NC3CCCC3)c2)cc1. The highest BCUT2D eigenvalue weighted by Gasteiger charge is 2.16. The Bertz CT molecular complexity index is 719. The van der Waals surface area contributed by atoms with Gasteiger partial charge in [-0.05, 0) is 63.1 Å². The average molecular weight is 352 g/mol. The van der Waals surface area contributed by atoms with Gasteiger partial charge in [0.15, 0.2) is 0 Å². The number of hydrogen-bond acceptors (Lipinski definition) is 4. The molecule has 1 aromatic carbocycles. The van der Waals surface area contributed by atoms with Crippen molar-refractivity contribution in [1.29, 1.82) is 0 Å². The van der Waals surface area contributed by atoms with Gasteiger partial charge in [0.1, 0.15) is 5.82 Å². The fraction of sp³-hybridized carbons (Fsp3) is 0.429. The lowest BCUT2D eigenvalue weighted by Gasteiger charge is -2.21. The largest absolute Gasteiger partial charge is 0.372 e. The van der Waals surface area contributed by atoms with Crippen LogP contribution in [0, 0.1) is 0 Å². The van der Waals surface area contributed by atoms with Crippen LogP contribution in [0.5, 0.6) is 0 Å². The Hall–Kier alpha value is -2.56. The third-order valence-electron chi connectivity index (χ3n) is 4.98. The monoisotopic (exact) mass is 352 g/mol. The zero-order valence-corrected chi connectivity index (χ0v) is 15.7. The lowest BCUT2D eigenvalue weighted by Crippen LogP contribution is -2.21. The van der Waals surface area contributed by atoms with E-state index in [1.165, 1.54) is 31.4 Å². The van der Waals surface area contributed by atoms with E-state index in [1.54, 1.807) is 12.3 Å². The molecule has 1 amide bonds. The van der Waals surface area contributed by atoms with Crippen molar-refractivity contribution < 1.29 is 4.79 Å². The number of benzene rings is 1. The molecule has 0 atom stereocenters. The van der Waals surface area contributed by atoms with E-state index in [4.69, 9.17) is 0 Å². The predicted octanol–water partition coefficient (Wildman–Crippen LogP) is 4.53. The van der Waals surface area contributed by atoms with Gasteiger partial charge in [-0.25, -0.2) is 4.98 Å². The number of hydrogen-bond donors (Lipinski definition) is 2. The Morgan fingerprint density at radius 1 is 1.12 bits per heavy atom. The van der Waals surface area contributed by atoms with Crippen LogP contribution in [0.1, 0.15) is 49.9 Å². The van der Waals surface area contributed by atoms with Crippen LogP contribution in [-0.4, -0.2) is 30.0 Å². The maximum Gasteiger partial charge on any atom is 0.255 e. The maximum absolute atomic E-state index is 12.6. The molecule has 26 heavy (non-hydrogen) atoms. The molecule has 0 unspecified atom stereocenters. The van der Waals surface area contributed by atoms with E-state index in [-0.39, 0.29) is 5.91 Å². The first-order valence-corrected chi connectivity index (χ1v) is 9.58. The minimum atomic E-state index is -0.113. The molecule has 2 aromatic rings. The molecular formula is C21H28N4O. The number of nitrogens with one attached hydrogen (secondary N) is 2. The molecule has 3 rings (SSSR count). The van der Waals surface area contributed by atoms with Crippen LogP contribution >= 0.6 is 0 Å². The summed E-state index contributed by atoms with van der Waals surface area (Å²) in [5.74, 6) is 0.666. The van der Waals surface area contributed by atoms with Gasteiger partial charge >= 0.3 is 0 Å². The van der Waals surface area contributed by atoms with E-state index in [0.717, 1.165) is 24.6 Å². The molecule has 0 radical (unpaired) electrons. The molecule has 5 heteroatoms. The lowest BCUT2D eigenvalue weighted by molar-refractivity contribution is 0.102. The predicted molar refractivity (Wildman–Crippen MR) is 108 cm³/mol. The number of nitrogens with zero attached hydrogens (tertiary/aromatic N) is 2. The van der Waals surface area contributed by atoms with Crippen molar-refractivity contribution in [3.05, 3.63) is 48.2 Å². The van der Waals surface area contributed by atoms with Crippen molar-refractivity contribution in [1.82, 2.24) is 4.98 Å². The highest BCUT2D eigenvalue weighted by atomic mass is 16.1. The molecule has 1 heterocycles. The van der Waals surface area contributed by atoms with Crippen LogP contribution in [-0.2, 0) is 0 Å². The van der Waals surface area contributed by atoms with Gasteiger partial charge in [-0.1, -0.05) is 12.8 Å². The van der Waals surface area contributed by atoms with E-state index in [1.807, 2.05) is 30.3 Å². The molecule has 0 bridgehead atoms. The normalized spacial score (nSPS) is 14.2. The molecule has 5 nitrogen and oxygen atoms in total. The van der Waals surface area contributed by atoms with E-state index >= 15 is 0 Å². The number of carbonyl (C=O) groups is 1. The first kappa shape index (κ1) is 18.2. The number of aromatic nitrogens is 1. The number of carbonyl (C=O) groups excluding carboxylic acids is 1. The molecule has 0 aliphatic heterocycles. The zero-order valence-electron chi connectivity index (χ0n) is 15.7. The summed E-state index contributed by atoms with van der Waals surface area (Å²) in [5, 5.41) is 6.40. The molecule has 138 valence electrons. The van der Waals surface area contributed by atoms with Crippen LogP contribution in [0.15, 0.2) is 42.6 Å². The quantitative estimate of drug-likeness (QED) is 0.768. The molecule has 1 aromatic heterocycles. The van der Waals surface area contributed by atoms with E-state index in [2.05, 4.69) is 34.4 Å². The molecule has 0 spiro atoms. The number of anilines is 3. The smallest absolute Gasteiger partial charge is 0.255 e. The summed E-state index contributed by atoms with van der Waals surface area (Å²) in [4.78, 5) is 19.2. The standard InChI is InChI=1S/C21H28N4O/c1-3-25(4-2)19-11-9-18(10-12-19)24-21(26)16-13-14-22-20(15-16)23-17-7-5-6-8-17/h9-15,17H,3-8H2,1-2H3,(H,22,23)(H,24,26). The van der Waals surface area contributed by atoms with Crippen molar-refractivity contribution in [2.24, 2.45) is 0 Å². The Labute approximate surface area is 155 Å². The van der Waals surface area contributed by atoms with Crippen LogP contribution in [0.2, 0.25) is 0 Å². The van der Waals surface area contributed by atoms with Gasteiger partial charge < -0.3 is 15.5 Å². The molecule has 2 N–H and O–H groups in total. The molecule has 1 aliphatic rings. The summed E-state index contributed by atoms with van der Waals surface area (Å²) in [6, 6.07) is 12.0. The second kappa shape index (κ2) is 8.70. The van der Waals surface area contributed by atoms with Crippen molar-refractivity contribution in [2.45, 2.75) is 45.6 Å². The van der Waals surface area contributed by atoms with E-state index in [0.29, 0.717) is 11.6 Å². The Balaban J connectivity index is 1.64. The van der Waals surface area contributed by atoms with Crippen molar-refractivity contribution in [3.63, 3.8) is 0 Å². The summed E-state index contributed by atoms with van der Waals surface area (Å²) in [6.07, 6.45) is 6.58. The van der Waals surface area contributed by atoms with Gasteiger partial charge in [0, 0.05) is 42.3 Å². The second-order valence-corrected chi connectivity index (χ2v) is 6.73. The van der Waals surface area contributed by atoms with E-state index in [9.17, 15) is 4.79 Å². The second-order valence-electron chi connectivity index (χ2n) is 6.73. The van der Waals surface area contributed by atoms with Crippen molar-refractivity contribution in [3.8, 4) is 0 Å². The van der Waals surface area contributed by atoms with Crippen molar-refractivity contribution >= 4 is 23.1 Å². The topological polar surface area (TPSA) is 57.3 Å². The van der Waals surface area contributed by atoms with Crippen LogP contribution < -0.4 is 15.5 Å². The fourth-order valence-corrected chi connectivity index (χ4v) is 3.48. The van der Waals surface area contributed by atoms with Gasteiger partial charge in [0.2, 0.25) is 0 Å². The van der Waals surface area contributed by atoms with Crippen LogP contribution in [0.4, 0.5) is 17.2 Å². The van der Waals surface area contributed by atoms with Gasteiger partial charge in [-0.3, -0.25) is 4.79 Å². The van der Waals surface area contributed by atoms with Gasteiger partial charge in [-0.2, -0.15) is 0 Å². The van der Waals surface area contributed by atoms with E-state index < -0.39 is 0 Å². The third kappa shape index (κ3) is 4.54. The Morgan fingerprint density at radius 2 is 1.81 bits per heavy atom. The zero-order chi connectivity index (χ0) is 18.4. The molecular weight excluding hydrogens is 324 g/mol. The van der Waals surface area contributed by atoms with Crippen molar-refractivity contribution in [2.75, 3.05) is 28.6 Å². The lowest BCUT2D eigenvalue weighted by atomic mass is 10.2. The van der Waals surface area contributed by atoms with Crippen LogP contribution in [0.25, 0.3) is 0 Å². The Morgan fingerprint density at radius 3 is 2.46 bits per heavy atom. The number of pyridine rings is 1. The van der Waals surface area contributed by atoms with Gasteiger partial charge in [0.25, 0.3) is 5.91 Å². The number of rotatable bonds is 7. The minimum absolute atomic E-state index is 0.113. The minimum Gasteiger partial charge on any atom is -0.372 e. The van der Waals surface area contributed by atoms with Crippen LogP contribution in [0.3, 0.4) is 0 Å². The summed E-state index contributed by atoms with van der Waals surface area (Å²) in [5.41, 5.74) is 2.58. The molecule has 1 aliphatic carbocycles. The highest BCUT2D eigenvalue weighted by molar-refractivity contribution is 6.04. The Kier molecular flexibility index (Phi) is 6.10. The summed E-state index contributed by atoms with van der Waals surface area (Å²) in [7, 11) is 0. The molecule has 1 saturated carbocycles. The first-order valence-electron chi connectivity index (χ1n) is 9.58. The summed E-state index contributed by atoms with van der Waals surface area (Å²) in [6.45, 7) is 6.21. The summed E-state index contributed by atoms with van der Waals surface area (Å²) < 4.78 is 0. The number of amides is 1. The third-order valence-corrected chi connectivity index (χ3v) is 4.98. The maximum atomic E-state index is 12.6. The molecule has 1 fully saturated rings. The fourth-order valence-electron chi connectivity index (χ4n) is 3.48.